The minimum absolute atomic E-state index is 0.183. The van der Waals surface area contributed by atoms with Crippen molar-refractivity contribution in [2.75, 3.05) is 0 Å². The Bertz CT molecular complexity index is 746. The highest BCUT2D eigenvalue weighted by Crippen LogP contribution is 2.67. The van der Waals surface area contributed by atoms with Gasteiger partial charge in [-0.3, -0.25) is 4.79 Å². The second kappa shape index (κ2) is 8.71. The summed E-state index contributed by atoms with van der Waals surface area (Å²) in [6, 6.07) is 0. The summed E-state index contributed by atoms with van der Waals surface area (Å²) in [4.78, 5) is 11.4. The maximum absolute atomic E-state index is 11.4. The summed E-state index contributed by atoms with van der Waals surface area (Å²) in [6.45, 7) is 14.0. The molecule has 2 nitrogen and oxygen atoms in total. The Hall–Kier alpha value is -1.05. The molecule has 0 spiro atoms. The molecule has 7 atom stereocenters. The summed E-state index contributed by atoms with van der Waals surface area (Å²) in [5, 5.41) is 0. The van der Waals surface area contributed by atoms with Gasteiger partial charge < -0.3 is 4.74 Å². The van der Waals surface area contributed by atoms with Crippen molar-refractivity contribution in [3.8, 4) is 0 Å². The Balaban J connectivity index is 1.50. The Labute approximate surface area is 191 Å². The summed E-state index contributed by atoms with van der Waals surface area (Å²) in [5.41, 5.74) is 2.28. The normalized spacial score (nSPS) is 40.4. The first-order valence-electron chi connectivity index (χ1n) is 13.2. The molecule has 1 unspecified atom stereocenters. The minimum Gasteiger partial charge on any atom is -0.431 e. The zero-order valence-electron chi connectivity index (χ0n) is 21.0. The van der Waals surface area contributed by atoms with Gasteiger partial charge in [0, 0.05) is 13.3 Å². The fraction of sp³-hybridized carbons (Fsp3) is 0.828. The van der Waals surface area contributed by atoms with Crippen molar-refractivity contribution in [3.05, 3.63) is 23.5 Å². The third-order valence-electron chi connectivity index (χ3n) is 10.2. The van der Waals surface area contributed by atoms with Crippen LogP contribution in [0.2, 0.25) is 0 Å². The van der Waals surface area contributed by atoms with Crippen molar-refractivity contribution in [2.24, 2.45) is 46.3 Å². The number of rotatable bonds is 6. The zero-order valence-corrected chi connectivity index (χ0v) is 21.0. The van der Waals surface area contributed by atoms with Crippen molar-refractivity contribution >= 4 is 5.97 Å². The van der Waals surface area contributed by atoms with E-state index < -0.39 is 0 Å². The fourth-order valence-electron chi connectivity index (χ4n) is 8.59. The quantitative estimate of drug-likeness (QED) is 0.401. The third kappa shape index (κ3) is 4.18. The molecule has 2 fully saturated rings. The van der Waals surface area contributed by atoms with E-state index in [1.807, 2.05) is 0 Å². The van der Waals surface area contributed by atoms with Gasteiger partial charge in [0.05, 0.1) is 0 Å². The van der Waals surface area contributed by atoms with Crippen LogP contribution in [0.5, 0.6) is 0 Å². The first-order chi connectivity index (χ1) is 14.6. The minimum atomic E-state index is -0.183. The van der Waals surface area contributed by atoms with E-state index >= 15 is 0 Å². The number of ether oxygens (including phenoxy) is 1. The summed E-state index contributed by atoms with van der Waals surface area (Å²) in [7, 11) is 0. The number of fused-ring (bicyclic) bond motifs is 5. The van der Waals surface area contributed by atoms with Gasteiger partial charge in [-0.05, 0) is 96.5 Å². The molecule has 0 aromatic carbocycles. The van der Waals surface area contributed by atoms with Crippen molar-refractivity contribution in [2.45, 2.75) is 106 Å². The highest BCUT2D eigenvalue weighted by molar-refractivity contribution is 5.67. The van der Waals surface area contributed by atoms with Crippen LogP contribution in [0.3, 0.4) is 0 Å². The van der Waals surface area contributed by atoms with E-state index in [0.717, 1.165) is 54.1 Å². The average Bonchev–Trinajstić information content (AvgIpc) is 3.05. The van der Waals surface area contributed by atoms with Crippen LogP contribution in [0.1, 0.15) is 106 Å². The largest absolute Gasteiger partial charge is 0.431 e. The Kier molecular flexibility index (Phi) is 6.50. The van der Waals surface area contributed by atoms with E-state index in [-0.39, 0.29) is 11.4 Å². The van der Waals surface area contributed by atoms with E-state index in [2.05, 4.69) is 46.8 Å². The fourth-order valence-corrected chi connectivity index (χ4v) is 8.59. The first-order valence-corrected chi connectivity index (χ1v) is 13.2. The molecule has 174 valence electrons. The molecule has 0 saturated heterocycles. The number of allylic oxidation sites excluding steroid dienone is 4. The smallest absolute Gasteiger partial charge is 0.307 e. The molecule has 2 heteroatoms. The molecule has 31 heavy (non-hydrogen) atoms. The molecule has 2 saturated carbocycles. The lowest BCUT2D eigenvalue weighted by atomic mass is 9.47. The molecule has 0 amide bonds. The molecule has 0 radical (unpaired) electrons. The van der Waals surface area contributed by atoms with E-state index in [1.54, 1.807) is 0 Å². The maximum Gasteiger partial charge on any atom is 0.307 e. The van der Waals surface area contributed by atoms with E-state index in [4.69, 9.17) is 4.74 Å². The van der Waals surface area contributed by atoms with Gasteiger partial charge in [0.15, 0.2) is 0 Å². The second-order valence-corrected chi connectivity index (χ2v) is 12.4. The third-order valence-corrected chi connectivity index (χ3v) is 10.2. The van der Waals surface area contributed by atoms with Gasteiger partial charge in [0.25, 0.3) is 0 Å². The highest BCUT2D eigenvalue weighted by Gasteiger charge is 2.58. The Morgan fingerprint density at radius 2 is 1.87 bits per heavy atom. The average molecular weight is 427 g/mol. The molecule has 4 aliphatic carbocycles. The number of esters is 1. The van der Waals surface area contributed by atoms with Crippen LogP contribution in [-0.4, -0.2) is 5.97 Å². The van der Waals surface area contributed by atoms with Gasteiger partial charge >= 0.3 is 5.97 Å². The lowest BCUT2D eigenvalue weighted by Crippen LogP contribution is -2.49. The zero-order chi connectivity index (χ0) is 22.4. The van der Waals surface area contributed by atoms with Crippen LogP contribution in [-0.2, 0) is 9.53 Å². The van der Waals surface area contributed by atoms with Crippen molar-refractivity contribution in [3.63, 3.8) is 0 Å². The molecule has 0 heterocycles. The number of hydrogen-bond donors (Lipinski definition) is 0. The number of hydrogen-bond acceptors (Lipinski definition) is 2. The van der Waals surface area contributed by atoms with Crippen molar-refractivity contribution in [1.29, 1.82) is 0 Å². The molecule has 0 N–H and O–H groups in total. The Morgan fingerprint density at radius 3 is 2.58 bits per heavy atom. The second-order valence-electron chi connectivity index (χ2n) is 12.4. The molecular weight excluding hydrogens is 380 g/mol. The van der Waals surface area contributed by atoms with Crippen LogP contribution in [0.25, 0.3) is 0 Å². The molecule has 4 aliphatic rings. The lowest BCUT2D eigenvalue weighted by Gasteiger charge is -2.57. The molecule has 0 aromatic heterocycles. The predicted molar refractivity (Wildman–Crippen MR) is 128 cm³/mol. The monoisotopic (exact) mass is 426 g/mol. The summed E-state index contributed by atoms with van der Waals surface area (Å²) in [6.07, 6.45) is 17.9. The van der Waals surface area contributed by atoms with Crippen LogP contribution >= 0.6 is 0 Å². The van der Waals surface area contributed by atoms with E-state index in [9.17, 15) is 4.79 Å². The van der Waals surface area contributed by atoms with Gasteiger partial charge in [0.2, 0.25) is 0 Å². The predicted octanol–water partition coefficient (Wildman–Crippen LogP) is 8.08. The van der Waals surface area contributed by atoms with Crippen molar-refractivity contribution in [1.82, 2.24) is 0 Å². The maximum atomic E-state index is 11.4. The van der Waals surface area contributed by atoms with Gasteiger partial charge in [-0.25, -0.2) is 0 Å². The lowest BCUT2D eigenvalue weighted by molar-refractivity contribution is -0.137. The molecule has 0 aromatic rings. The van der Waals surface area contributed by atoms with Gasteiger partial charge in [-0.1, -0.05) is 60.0 Å². The topological polar surface area (TPSA) is 26.3 Å². The van der Waals surface area contributed by atoms with Crippen molar-refractivity contribution < 1.29 is 9.53 Å². The van der Waals surface area contributed by atoms with Gasteiger partial charge in [0.1, 0.15) is 5.76 Å². The van der Waals surface area contributed by atoms with E-state index in [0.29, 0.717) is 5.41 Å². The van der Waals surface area contributed by atoms with Gasteiger partial charge in [-0.15, -0.1) is 0 Å². The number of carbonyl (C=O) groups excluding carboxylic acids is 1. The molecule has 0 bridgehead atoms. The van der Waals surface area contributed by atoms with Gasteiger partial charge in [-0.2, -0.15) is 0 Å². The molecular formula is C29H46O2. The van der Waals surface area contributed by atoms with E-state index in [1.165, 1.54) is 63.9 Å². The van der Waals surface area contributed by atoms with Crippen LogP contribution < -0.4 is 0 Å². The van der Waals surface area contributed by atoms with Crippen LogP contribution in [0.15, 0.2) is 23.5 Å². The van der Waals surface area contributed by atoms with Crippen LogP contribution in [0.4, 0.5) is 0 Å². The summed E-state index contributed by atoms with van der Waals surface area (Å²) < 4.78 is 5.48. The first kappa shape index (κ1) is 23.1. The van der Waals surface area contributed by atoms with Crippen LogP contribution in [0, 0.1) is 46.3 Å². The SMILES string of the molecule is CC(=O)OC1=CC2=CC[C@H]3[C@@H]4CC[C@H](C(C)CCCC(C)C)[C@@]4(C)CC[C@@H]3[C@@]2(C)CC1. The molecule has 4 rings (SSSR count). The standard InChI is InChI=1S/C29H46O2/c1-19(2)8-7-9-20(3)25-12-13-26-24-11-10-22-18-23(31-21(4)30)14-16-28(22,5)27(24)15-17-29(25,26)6/h10,18-20,24-27H,7-9,11-17H2,1-6H3/t20?,24-,25+,26-,27-,28-,29+/m0/s1. The molecule has 0 aliphatic heterocycles. The summed E-state index contributed by atoms with van der Waals surface area (Å²) in [5.74, 6) is 5.88. The number of carbonyl (C=O) groups is 1. The summed E-state index contributed by atoms with van der Waals surface area (Å²) >= 11 is 0. The highest BCUT2D eigenvalue weighted by atomic mass is 16.5. The Morgan fingerprint density at radius 1 is 1.10 bits per heavy atom.